The van der Waals surface area contributed by atoms with Crippen LogP contribution in [0.4, 0.5) is 11.4 Å². The summed E-state index contributed by atoms with van der Waals surface area (Å²) < 4.78 is 0. The molecule has 0 aromatic heterocycles. The molecule has 0 unspecified atom stereocenters. The standard InChI is InChI=1S/C19H19ClN2O2/c1-12-5-3-6-13(2)18(12)21-19(24)14-9-17(23)22(11-14)16-8-4-7-15(20)10-16/h3-8,10,14H,9,11H2,1-2H3,(H,21,24)/t14-/m1/s1. The maximum absolute atomic E-state index is 12.6. The number of anilines is 2. The number of benzene rings is 2. The number of carbonyl (C=O) groups excluding carboxylic acids is 2. The van der Waals surface area contributed by atoms with Gasteiger partial charge in [-0.05, 0) is 43.2 Å². The van der Waals surface area contributed by atoms with Gasteiger partial charge in [-0.25, -0.2) is 0 Å². The third-order valence-electron chi connectivity index (χ3n) is 4.35. The van der Waals surface area contributed by atoms with Crippen LogP contribution in [0.2, 0.25) is 5.02 Å². The molecule has 1 heterocycles. The Kier molecular flexibility index (Phi) is 4.58. The van der Waals surface area contributed by atoms with Gasteiger partial charge < -0.3 is 10.2 Å². The lowest BCUT2D eigenvalue weighted by Crippen LogP contribution is -2.28. The Morgan fingerprint density at radius 2 is 1.83 bits per heavy atom. The van der Waals surface area contributed by atoms with Crippen molar-refractivity contribution in [3.05, 3.63) is 58.6 Å². The molecule has 0 spiro atoms. The van der Waals surface area contributed by atoms with Crippen molar-refractivity contribution in [1.29, 1.82) is 0 Å². The summed E-state index contributed by atoms with van der Waals surface area (Å²) in [6.45, 7) is 4.29. The van der Waals surface area contributed by atoms with Crippen LogP contribution in [0.1, 0.15) is 17.5 Å². The summed E-state index contributed by atoms with van der Waals surface area (Å²) >= 11 is 5.99. The van der Waals surface area contributed by atoms with Gasteiger partial charge >= 0.3 is 0 Å². The minimum Gasteiger partial charge on any atom is -0.325 e. The van der Waals surface area contributed by atoms with E-state index in [0.717, 1.165) is 22.5 Å². The average molecular weight is 343 g/mol. The molecule has 24 heavy (non-hydrogen) atoms. The molecule has 0 radical (unpaired) electrons. The van der Waals surface area contributed by atoms with Crippen molar-refractivity contribution in [2.45, 2.75) is 20.3 Å². The van der Waals surface area contributed by atoms with Crippen molar-refractivity contribution in [3.63, 3.8) is 0 Å². The van der Waals surface area contributed by atoms with E-state index in [-0.39, 0.29) is 24.2 Å². The second-order valence-corrected chi connectivity index (χ2v) is 6.58. The summed E-state index contributed by atoms with van der Waals surface area (Å²) in [5.74, 6) is -0.542. The lowest BCUT2D eigenvalue weighted by molar-refractivity contribution is -0.122. The first-order valence-electron chi connectivity index (χ1n) is 7.88. The summed E-state index contributed by atoms with van der Waals surface area (Å²) in [6, 6.07) is 13.0. The van der Waals surface area contributed by atoms with E-state index >= 15 is 0 Å². The molecular weight excluding hydrogens is 324 g/mol. The first-order valence-corrected chi connectivity index (χ1v) is 8.26. The van der Waals surface area contributed by atoms with Gasteiger partial charge in [-0.3, -0.25) is 9.59 Å². The van der Waals surface area contributed by atoms with Gasteiger partial charge in [-0.1, -0.05) is 35.9 Å². The second kappa shape index (κ2) is 6.65. The molecule has 1 aliphatic rings. The molecule has 1 aliphatic heterocycles. The van der Waals surface area contributed by atoms with Crippen LogP contribution in [0.5, 0.6) is 0 Å². The Balaban J connectivity index is 1.75. The van der Waals surface area contributed by atoms with E-state index in [2.05, 4.69) is 5.32 Å². The molecule has 1 N–H and O–H groups in total. The fraction of sp³-hybridized carbons (Fsp3) is 0.263. The van der Waals surface area contributed by atoms with E-state index in [4.69, 9.17) is 11.6 Å². The van der Waals surface area contributed by atoms with Crippen LogP contribution in [0, 0.1) is 19.8 Å². The predicted molar refractivity (Wildman–Crippen MR) is 96.5 cm³/mol. The highest BCUT2D eigenvalue weighted by Crippen LogP contribution is 2.28. The molecule has 1 fully saturated rings. The Hall–Kier alpha value is -2.33. The van der Waals surface area contributed by atoms with Crippen molar-refractivity contribution in [1.82, 2.24) is 0 Å². The highest BCUT2D eigenvalue weighted by atomic mass is 35.5. The Labute approximate surface area is 146 Å². The fourth-order valence-electron chi connectivity index (χ4n) is 3.01. The first-order chi connectivity index (χ1) is 11.5. The van der Waals surface area contributed by atoms with Gasteiger partial charge in [-0.15, -0.1) is 0 Å². The van der Waals surface area contributed by atoms with E-state index in [1.165, 1.54) is 0 Å². The molecule has 2 amide bonds. The number of para-hydroxylation sites is 1. The van der Waals surface area contributed by atoms with E-state index < -0.39 is 0 Å². The van der Waals surface area contributed by atoms with E-state index in [1.807, 2.05) is 38.1 Å². The minimum atomic E-state index is -0.365. The highest BCUT2D eigenvalue weighted by molar-refractivity contribution is 6.31. The number of hydrogen-bond donors (Lipinski definition) is 1. The molecule has 1 saturated heterocycles. The topological polar surface area (TPSA) is 49.4 Å². The van der Waals surface area contributed by atoms with Crippen LogP contribution >= 0.6 is 11.6 Å². The van der Waals surface area contributed by atoms with Gasteiger partial charge in [0.05, 0.1) is 5.92 Å². The lowest BCUT2D eigenvalue weighted by atomic mass is 10.1. The Bertz CT molecular complexity index is 783. The first kappa shape index (κ1) is 16.5. The molecule has 0 saturated carbocycles. The van der Waals surface area contributed by atoms with Crippen LogP contribution in [0.3, 0.4) is 0 Å². The van der Waals surface area contributed by atoms with Gasteiger partial charge in [-0.2, -0.15) is 0 Å². The quantitative estimate of drug-likeness (QED) is 0.918. The predicted octanol–water partition coefficient (Wildman–Crippen LogP) is 3.95. The van der Waals surface area contributed by atoms with Crippen LogP contribution < -0.4 is 10.2 Å². The summed E-state index contributed by atoms with van der Waals surface area (Å²) in [5, 5.41) is 3.55. The van der Waals surface area contributed by atoms with E-state index in [0.29, 0.717) is 11.6 Å². The molecule has 4 nitrogen and oxygen atoms in total. The summed E-state index contributed by atoms with van der Waals surface area (Å²) in [5.41, 5.74) is 3.59. The second-order valence-electron chi connectivity index (χ2n) is 6.14. The zero-order chi connectivity index (χ0) is 17.3. The van der Waals surface area contributed by atoms with Gasteiger partial charge in [0, 0.05) is 29.4 Å². The summed E-state index contributed by atoms with van der Waals surface area (Å²) in [7, 11) is 0. The third-order valence-corrected chi connectivity index (χ3v) is 4.58. The van der Waals surface area contributed by atoms with Crippen molar-refractivity contribution in [2.75, 3.05) is 16.8 Å². The number of rotatable bonds is 3. The maximum atomic E-state index is 12.6. The van der Waals surface area contributed by atoms with Gasteiger partial charge in [0.25, 0.3) is 0 Å². The molecule has 0 bridgehead atoms. The molecule has 124 valence electrons. The Morgan fingerprint density at radius 1 is 1.17 bits per heavy atom. The zero-order valence-corrected chi connectivity index (χ0v) is 14.4. The molecule has 3 rings (SSSR count). The number of nitrogens with one attached hydrogen (secondary N) is 1. The number of amides is 2. The molecule has 5 heteroatoms. The molecule has 1 atom stereocenters. The van der Waals surface area contributed by atoms with E-state index in [1.54, 1.807) is 23.1 Å². The number of nitrogens with zero attached hydrogens (tertiary/aromatic N) is 1. The smallest absolute Gasteiger partial charge is 0.229 e. The van der Waals surface area contributed by atoms with Crippen LogP contribution in [0.25, 0.3) is 0 Å². The average Bonchev–Trinajstić information content (AvgIpc) is 2.93. The number of carbonyl (C=O) groups is 2. The van der Waals surface area contributed by atoms with Crippen LogP contribution in [-0.4, -0.2) is 18.4 Å². The van der Waals surface area contributed by atoms with Gasteiger partial charge in [0.1, 0.15) is 0 Å². The van der Waals surface area contributed by atoms with Crippen molar-refractivity contribution >= 4 is 34.8 Å². The zero-order valence-electron chi connectivity index (χ0n) is 13.7. The fourth-order valence-corrected chi connectivity index (χ4v) is 3.20. The molecule has 2 aromatic carbocycles. The van der Waals surface area contributed by atoms with Crippen molar-refractivity contribution in [3.8, 4) is 0 Å². The monoisotopic (exact) mass is 342 g/mol. The molecule has 0 aliphatic carbocycles. The van der Waals surface area contributed by atoms with E-state index in [9.17, 15) is 9.59 Å². The maximum Gasteiger partial charge on any atom is 0.229 e. The van der Waals surface area contributed by atoms with Crippen LogP contribution in [-0.2, 0) is 9.59 Å². The van der Waals surface area contributed by atoms with Crippen LogP contribution in [0.15, 0.2) is 42.5 Å². The summed E-state index contributed by atoms with van der Waals surface area (Å²) in [4.78, 5) is 26.5. The largest absolute Gasteiger partial charge is 0.325 e. The number of halogens is 1. The summed E-state index contributed by atoms with van der Waals surface area (Å²) in [6.07, 6.45) is 0.212. The SMILES string of the molecule is Cc1cccc(C)c1NC(=O)[C@@H]1CC(=O)N(c2cccc(Cl)c2)C1. The minimum absolute atomic E-state index is 0.0566. The molecular formula is C19H19ClN2O2. The number of aryl methyl sites for hydroxylation is 2. The third kappa shape index (κ3) is 3.29. The highest BCUT2D eigenvalue weighted by Gasteiger charge is 2.35. The molecule has 2 aromatic rings. The van der Waals surface area contributed by atoms with Gasteiger partial charge in [0.2, 0.25) is 11.8 Å². The van der Waals surface area contributed by atoms with Crippen molar-refractivity contribution in [2.24, 2.45) is 5.92 Å². The van der Waals surface area contributed by atoms with Crippen molar-refractivity contribution < 1.29 is 9.59 Å². The Morgan fingerprint density at radius 3 is 2.50 bits per heavy atom. The number of hydrogen-bond acceptors (Lipinski definition) is 2. The normalized spacial score (nSPS) is 17.2. The van der Waals surface area contributed by atoms with Gasteiger partial charge in [0.15, 0.2) is 0 Å². The lowest BCUT2D eigenvalue weighted by Gasteiger charge is -2.17.